The van der Waals surface area contributed by atoms with Gasteiger partial charge in [0.2, 0.25) is 0 Å². The number of rotatable bonds is 5. The largest absolute Gasteiger partial charge is 0.490 e. The van der Waals surface area contributed by atoms with Gasteiger partial charge >= 0.3 is 6.09 Å². The molecule has 1 unspecified atom stereocenters. The third kappa shape index (κ3) is 4.48. The van der Waals surface area contributed by atoms with Gasteiger partial charge in [-0.15, -0.1) is 0 Å². The van der Waals surface area contributed by atoms with Crippen LogP contribution >= 0.6 is 11.5 Å². The fraction of sp³-hybridized carbons (Fsp3) is 0.385. The molecule has 0 aliphatic heterocycles. The quantitative estimate of drug-likeness (QED) is 0.464. The van der Waals surface area contributed by atoms with Crippen LogP contribution in [0.1, 0.15) is 63.8 Å². The summed E-state index contributed by atoms with van der Waals surface area (Å²) in [7, 11) is 0. The number of hydrogen-bond acceptors (Lipinski definition) is 6. The molecule has 0 radical (unpaired) electrons. The number of ether oxygens (including phenoxy) is 1. The van der Waals surface area contributed by atoms with Gasteiger partial charge < -0.3 is 9.84 Å². The Morgan fingerprint density at radius 3 is 2.71 bits per heavy atom. The molecule has 2 aromatic carbocycles. The number of aromatic nitrogens is 2. The molecule has 3 aromatic rings. The highest BCUT2D eigenvalue weighted by Gasteiger charge is 2.38. The zero-order valence-corrected chi connectivity index (χ0v) is 20.8. The van der Waals surface area contributed by atoms with Crippen molar-refractivity contribution in [1.29, 1.82) is 5.26 Å². The predicted octanol–water partition coefficient (Wildman–Crippen LogP) is 6.30. The zero-order valence-electron chi connectivity index (χ0n) is 20.0. The van der Waals surface area contributed by atoms with E-state index in [1.165, 1.54) is 11.5 Å². The van der Waals surface area contributed by atoms with Crippen molar-refractivity contribution in [3.8, 4) is 33.8 Å². The second-order valence-corrected chi connectivity index (χ2v) is 10.4. The third-order valence-electron chi connectivity index (χ3n) is 5.86. The van der Waals surface area contributed by atoms with Crippen LogP contribution in [0.25, 0.3) is 22.0 Å². The minimum atomic E-state index is -0.910. The highest BCUT2D eigenvalue weighted by atomic mass is 32.1. The number of carboxylic acid groups (broad SMARTS) is 1. The number of carbonyl (C=O) groups is 1. The van der Waals surface area contributed by atoms with Gasteiger partial charge in [-0.2, -0.15) is 9.64 Å². The smallest absolute Gasteiger partial charge is 0.408 e. The fourth-order valence-electron chi connectivity index (χ4n) is 4.55. The molecule has 0 spiro atoms. The molecule has 1 amide bonds. The van der Waals surface area contributed by atoms with E-state index in [1.54, 1.807) is 17.0 Å². The summed E-state index contributed by atoms with van der Waals surface area (Å²) < 4.78 is 10.3. The lowest BCUT2D eigenvalue weighted by Gasteiger charge is -2.38. The topological polar surface area (TPSA) is 99.3 Å². The Hall–Kier alpha value is -3.44. The van der Waals surface area contributed by atoms with Gasteiger partial charge in [0.1, 0.15) is 16.8 Å². The van der Waals surface area contributed by atoms with Crippen LogP contribution in [0.4, 0.5) is 4.79 Å². The Morgan fingerprint density at radius 1 is 1.29 bits per heavy atom. The van der Waals surface area contributed by atoms with E-state index in [2.05, 4.69) is 10.4 Å². The number of amides is 1. The molecular formula is C26H28N4O3S. The molecule has 0 saturated heterocycles. The van der Waals surface area contributed by atoms with Gasteiger partial charge in [0.15, 0.2) is 5.82 Å². The van der Waals surface area contributed by atoms with Crippen LogP contribution in [0.5, 0.6) is 5.75 Å². The third-order valence-corrected chi connectivity index (χ3v) is 6.61. The van der Waals surface area contributed by atoms with Crippen molar-refractivity contribution in [3.05, 3.63) is 53.1 Å². The van der Waals surface area contributed by atoms with E-state index in [4.69, 9.17) is 9.72 Å². The molecule has 8 heteroatoms. The second kappa shape index (κ2) is 9.07. The Morgan fingerprint density at radius 2 is 2.06 bits per heavy atom. The Labute approximate surface area is 203 Å². The van der Waals surface area contributed by atoms with E-state index in [0.717, 1.165) is 40.1 Å². The van der Waals surface area contributed by atoms with Crippen LogP contribution in [0.15, 0.2) is 36.4 Å². The summed E-state index contributed by atoms with van der Waals surface area (Å²) in [6, 6.07) is 13.4. The molecule has 4 rings (SSSR count). The van der Waals surface area contributed by atoms with Crippen molar-refractivity contribution >= 4 is 17.6 Å². The maximum atomic E-state index is 12.1. The normalized spacial score (nSPS) is 15.1. The molecule has 1 aromatic heterocycles. The Bertz CT molecular complexity index is 1270. The molecule has 1 aliphatic rings. The minimum absolute atomic E-state index is 0.0266. The first-order chi connectivity index (χ1) is 16.1. The summed E-state index contributed by atoms with van der Waals surface area (Å²) in [5.74, 6) is 1.10. The Balaban J connectivity index is 1.68. The van der Waals surface area contributed by atoms with Crippen LogP contribution in [-0.2, 0) is 6.42 Å². The van der Waals surface area contributed by atoms with Crippen molar-refractivity contribution in [2.45, 2.75) is 65.1 Å². The van der Waals surface area contributed by atoms with E-state index in [0.29, 0.717) is 17.1 Å². The lowest BCUT2D eigenvalue weighted by molar-refractivity contribution is 0.0701. The molecule has 0 bridgehead atoms. The lowest BCUT2D eigenvalue weighted by atomic mass is 9.98. The van der Waals surface area contributed by atoms with Crippen LogP contribution < -0.4 is 4.74 Å². The van der Waals surface area contributed by atoms with Crippen molar-refractivity contribution in [2.75, 3.05) is 0 Å². The first-order valence-electron chi connectivity index (χ1n) is 11.3. The molecule has 176 valence electrons. The maximum Gasteiger partial charge on any atom is 0.408 e. The number of nitriles is 1. The van der Waals surface area contributed by atoms with E-state index in [9.17, 15) is 15.2 Å². The van der Waals surface area contributed by atoms with E-state index >= 15 is 0 Å². The minimum Gasteiger partial charge on any atom is -0.490 e. The van der Waals surface area contributed by atoms with Crippen molar-refractivity contribution in [1.82, 2.24) is 14.3 Å². The van der Waals surface area contributed by atoms with Gasteiger partial charge in [-0.3, -0.25) is 4.90 Å². The van der Waals surface area contributed by atoms with Crippen LogP contribution in [0.2, 0.25) is 0 Å². The number of nitrogens with zero attached hydrogens (tertiary/aromatic N) is 4. The lowest BCUT2D eigenvalue weighted by Crippen LogP contribution is -2.46. The standard InChI is InChI=1S/C26H28N4O3S/c1-15(2)33-22-12-9-16(13-17(22)14-27)23-28-24(34-29-23)20-8-6-7-19-18(20)10-11-21(19)30(25(31)32)26(3,4)5/h6-9,12-13,15,21H,10-11H2,1-5H3,(H,31,32). The monoisotopic (exact) mass is 476 g/mol. The average molecular weight is 477 g/mol. The first kappa shape index (κ1) is 23.7. The van der Waals surface area contributed by atoms with Crippen molar-refractivity contribution in [3.63, 3.8) is 0 Å². The van der Waals surface area contributed by atoms with Gasteiger partial charge in [-0.25, -0.2) is 9.78 Å². The Kier molecular flexibility index (Phi) is 6.32. The van der Waals surface area contributed by atoms with Gasteiger partial charge in [0.05, 0.1) is 17.7 Å². The van der Waals surface area contributed by atoms with Gasteiger partial charge in [-0.1, -0.05) is 18.2 Å². The predicted molar refractivity (Wildman–Crippen MR) is 132 cm³/mol. The summed E-state index contributed by atoms with van der Waals surface area (Å²) in [6.07, 6.45) is 0.586. The molecule has 0 fully saturated rings. The van der Waals surface area contributed by atoms with Crippen molar-refractivity contribution in [2.24, 2.45) is 0 Å². The summed E-state index contributed by atoms with van der Waals surface area (Å²) >= 11 is 1.31. The summed E-state index contributed by atoms with van der Waals surface area (Å²) in [6.45, 7) is 9.61. The van der Waals surface area contributed by atoms with E-state index in [1.807, 2.05) is 58.9 Å². The molecule has 1 heterocycles. The summed E-state index contributed by atoms with van der Waals surface area (Å²) in [5.41, 5.74) is 3.85. The van der Waals surface area contributed by atoms with E-state index in [-0.39, 0.29) is 12.1 Å². The highest BCUT2D eigenvalue weighted by molar-refractivity contribution is 7.09. The first-order valence-corrected chi connectivity index (χ1v) is 12.1. The molecule has 34 heavy (non-hydrogen) atoms. The number of hydrogen-bond donors (Lipinski definition) is 1. The van der Waals surface area contributed by atoms with Gasteiger partial charge in [-0.05, 0) is 88.3 Å². The van der Waals surface area contributed by atoms with Crippen LogP contribution in [-0.4, -0.2) is 37.1 Å². The van der Waals surface area contributed by atoms with Gasteiger partial charge in [0.25, 0.3) is 0 Å². The summed E-state index contributed by atoms with van der Waals surface area (Å²) in [4.78, 5) is 18.4. The van der Waals surface area contributed by atoms with Crippen LogP contribution in [0.3, 0.4) is 0 Å². The number of benzene rings is 2. The SMILES string of the molecule is CC(C)Oc1ccc(-c2nsc(-c3cccc4c3CCC4N(C(=O)O)C(C)(C)C)n2)cc1C#N. The van der Waals surface area contributed by atoms with Gasteiger partial charge in [0, 0.05) is 16.7 Å². The molecular weight excluding hydrogens is 448 g/mol. The van der Waals surface area contributed by atoms with Crippen molar-refractivity contribution < 1.29 is 14.6 Å². The fourth-order valence-corrected chi connectivity index (χ4v) is 5.29. The molecule has 1 aliphatic carbocycles. The highest BCUT2D eigenvalue weighted by Crippen LogP contribution is 2.43. The molecule has 0 saturated carbocycles. The van der Waals surface area contributed by atoms with E-state index < -0.39 is 11.6 Å². The van der Waals surface area contributed by atoms with Crippen LogP contribution in [0, 0.1) is 11.3 Å². The number of fused-ring (bicyclic) bond motifs is 1. The average Bonchev–Trinajstić information content (AvgIpc) is 3.40. The zero-order chi connectivity index (χ0) is 24.6. The molecule has 7 nitrogen and oxygen atoms in total. The second-order valence-electron chi connectivity index (χ2n) is 9.66. The molecule has 1 atom stereocenters. The maximum absolute atomic E-state index is 12.1. The molecule has 1 N–H and O–H groups in total. The summed E-state index contributed by atoms with van der Waals surface area (Å²) in [5, 5.41) is 20.2.